The van der Waals surface area contributed by atoms with Crippen LogP contribution >= 0.6 is 15.9 Å². The maximum Gasteiger partial charge on any atom is 0.226 e. The highest BCUT2D eigenvalue weighted by atomic mass is 79.9. The molecule has 0 spiro atoms. The molecule has 1 amide bonds. The Morgan fingerprint density at radius 2 is 2.32 bits per heavy atom. The lowest BCUT2D eigenvalue weighted by atomic mass is 10.1. The normalized spacial score (nSPS) is 19.4. The van der Waals surface area contributed by atoms with E-state index in [0.717, 1.165) is 26.2 Å². The molecule has 1 aliphatic heterocycles. The third-order valence-electron chi connectivity index (χ3n) is 3.62. The number of hydrogen-bond acceptors (Lipinski definition) is 3. The third-order valence-corrected chi connectivity index (χ3v) is 4.43. The maximum atomic E-state index is 13.4. The Labute approximate surface area is 139 Å². The van der Waals surface area contributed by atoms with Crippen molar-refractivity contribution in [1.29, 1.82) is 0 Å². The Bertz CT molecular complexity index is 524. The van der Waals surface area contributed by atoms with Gasteiger partial charge >= 0.3 is 0 Å². The molecule has 0 saturated carbocycles. The van der Waals surface area contributed by atoms with Crippen molar-refractivity contribution in [1.82, 2.24) is 10.2 Å². The first-order valence-electron chi connectivity index (χ1n) is 7.65. The zero-order chi connectivity index (χ0) is 16.1. The molecule has 1 aromatic rings. The molecule has 2 rings (SSSR count). The average Bonchev–Trinajstić information content (AvgIpc) is 2.43. The van der Waals surface area contributed by atoms with E-state index in [9.17, 15) is 9.18 Å². The molecule has 22 heavy (non-hydrogen) atoms. The van der Waals surface area contributed by atoms with Gasteiger partial charge < -0.3 is 15.5 Å². The van der Waals surface area contributed by atoms with Crippen LogP contribution in [0.2, 0.25) is 0 Å². The van der Waals surface area contributed by atoms with Crippen molar-refractivity contribution in [3.8, 4) is 0 Å². The molecule has 0 aliphatic carbocycles. The van der Waals surface area contributed by atoms with Crippen molar-refractivity contribution in [2.45, 2.75) is 26.3 Å². The first-order valence-corrected chi connectivity index (χ1v) is 8.44. The maximum absolute atomic E-state index is 13.4. The van der Waals surface area contributed by atoms with E-state index in [4.69, 9.17) is 0 Å². The summed E-state index contributed by atoms with van der Waals surface area (Å²) in [6, 6.07) is 4.76. The quantitative estimate of drug-likeness (QED) is 0.836. The van der Waals surface area contributed by atoms with Gasteiger partial charge in [-0.1, -0.05) is 19.9 Å². The minimum atomic E-state index is -0.378. The third kappa shape index (κ3) is 5.04. The fraction of sp³-hybridized carbons (Fsp3) is 0.562. The van der Waals surface area contributed by atoms with Gasteiger partial charge in [0.1, 0.15) is 5.82 Å². The molecular weight excluding hydrogens is 349 g/mol. The minimum absolute atomic E-state index is 0.102. The van der Waals surface area contributed by atoms with Gasteiger partial charge in [0, 0.05) is 38.6 Å². The monoisotopic (exact) mass is 371 g/mol. The summed E-state index contributed by atoms with van der Waals surface area (Å²) in [6.07, 6.45) is 0.386. The lowest BCUT2D eigenvalue weighted by molar-refractivity contribution is -0.116. The van der Waals surface area contributed by atoms with Gasteiger partial charge in [0.15, 0.2) is 0 Å². The smallest absolute Gasteiger partial charge is 0.226 e. The van der Waals surface area contributed by atoms with Crippen LogP contribution in [-0.2, 0) is 4.79 Å². The number of rotatable bonds is 5. The molecule has 1 saturated heterocycles. The van der Waals surface area contributed by atoms with Crippen LogP contribution in [0.25, 0.3) is 0 Å². The van der Waals surface area contributed by atoms with Gasteiger partial charge in [-0.25, -0.2) is 4.39 Å². The molecule has 0 aromatic heterocycles. The topological polar surface area (TPSA) is 44.4 Å². The van der Waals surface area contributed by atoms with E-state index >= 15 is 0 Å². The summed E-state index contributed by atoms with van der Waals surface area (Å²) in [5, 5.41) is 6.15. The summed E-state index contributed by atoms with van der Waals surface area (Å²) >= 11 is 3.16. The van der Waals surface area contributed by atoms with Gasteiger partial charge in [-0.2, -0.15) is 0 Å². The number of carbonyl (C=O) groups is 1. The van der Waals surface area contributed by atoms with E-state index < -0.39 is 0 Å². The fourth-order valence-electron chi connectivity index (χ4n) is 2.74. The Morgan fingerprint density at radius 1 is 1.55 bits per heavy atom. The van der Waals surface area contributed by atoms with E-state index in [2.05, 4.69) is 45.3 Å². The van der Waals surface area contributed by atoms with Crippen molar-refractivity contribution < 1.29 is 9.18 Å². The standard InChI is InChI=1S/C16H23BrFN3O/c1-11(2)9-21-7-6-19-12(10-21)8-15(22)20-14-5-3-4-13(18)16(14)17/h3-5,11-12,19H,6-10H2,1-2H3,(H,20,22). The van der Waals surface area contributed by atoms with Crippen LogP contribution in [0.3, 0.4) is 0 Å². The fourth-order valence-corrected chi connectivity index (χ4v) is 3.10. The van der Waals surface area contributed by atoms with Gasteiger partial charge in [-0.15, -0.1) is 0 Å². The number of nitrogens with one attached hydrogen (secondary N) is 2. The summed E-state index contributed by atoms with van der Waals surface area (Å²) in [5.41, 5.74) is 0.472. The number of amides is 1. The molecule has 1 fully saturated rings. The van der Waals surface area contributed by atoms with Crippen LogP contribution in [0.5, 0.6) is 0 Å². The van der Waals surface area contributed by atoms with Crippen molar-refractivity contribution in [2.24, 2.45) is 5.92 Å². The van der Waals surface area contributed by atoms with Gasteiger partial charge in [0.25, 0.3) is 0 Å². The highest BCUT2D eigenvalue weighted by Crippen LogP contribution is 2.25. The zero-order valence-electron chi connectivity index (χ0n) is 13.0. The molecule has 1 atom stereocenters. The molecule has 6 heteroatoms. The van der Waals surface area contributed by atoms with Gasteiger partial charge in [-0.3, -0.25) is 4.79 Å². The molecule has 0 radical (unpaired) electrons. The van der Waals surface area contributed by atoms with E-state index in [-0.39, 0.29) is 17.8 Å². The molecule has 1 unspecified atom stereocenters. The minimum Gasteiger partial charge on any atom is -0.325 e. The first kappa shape index (κ1) is 17.4. The Kier molecular flexibility index (Phi) is 6.35. The van der Waals surface area contributed by atoms with E-state index in [1.165, 1.54) is 6.07 Å². The predicted molar refractivity (Wildman–Crippen MR) is 90.4 cm³/mol. The van der Waals surface area contributed by atoms with Crippen molar-refractivity contribution >= 4 is 27.5 Å². The Morgan fingerprint density at radius 3 is 3.05 bits per heavy atom. The Balaban J connectivity index is 1.87. The Hall–Kier alpha value is -0.980. The molecule has 1 heterocycles. The second-order valence-electron chi connectivity index (χ2n) is 6.16. The predicted octanol–water partition coefficient (Wildman–Crippen LogP) is 2.85. The highest BCUT2D eigenvalue weighted by Gasteiger charge is 2.22. The summed E-state index contributed by atoms with van der Waals surface area (Å²) in [7, 11) is 0. The van der Waals surface area contributed by atoms with E-state index in [1.807, 2.05) is 0 Å². The largest absolute Gasteiger partial charge is 0.325 e. The second kappa shape index (κ2) is 8.04. The summed E-state index contributed by atoms with van der Waals surface area (Å²) in [5.74, 6) is 0.141. The number of carbonyl (C=O) groups excluding carboxylic acids is 1. The van der Waals surface area contributed by atoms with Crippen molar-refractivity contribution in [3.63, 3.8) is 0 Å². The lowest BCUT2D eigenvalue weighted by Gasteiger charge is -2.34. The summed E-state index contributed by atoms with van der Waals surface area (Å²) < 4.78 is 13.7. The van der Waals surface area contributed by atoms with Crippen molar-refractivity contribution in [3.05, 3.63) is 28.5 Å². The second-order valence-corrected chi connectivity index (χ2v) is 6.95. The zero-order valence-corrected chi connectivity index (χ0v) is 14.6. The molecular formula is C16H23BrFN3O. The van der Waals surface area contributed by atoms with Gasteiger partial charge in [-0.05, 0) is 34.0 Å². The number of halogens is 2. The number of nitrogens with zero attached hydrogens (tertiary/aromatic N) is 1. The number of hydrogen-bond donors (Lipinski definition) is 2. The summed E-state index contributed by atoms with van der Waals surface area (Å²) in [6.45, 7) is 8.24. The van der Waals surface area contributed by atoms with Crippen LogP contribution in [0.4, 0.5) is 10.1 Å². The van der Waals surface area contributed by atoms with E-state index in [1.54, 1.807) is 12.1 Å². The van der Waals surface area contributed by atoms with Crippen LogP contribution in [0, 0.1) is 11.7 Å². The van der Waals surface area contributed by atoms with Crippen LogP contribution in [0.1, 0.15) is 20.3 Å². The van der Waals surface area contributed by atoms with Crippen LogP contribution in [-0.4, -0.2) is 43.0 Å². The average molecular weight is 372 g/mol. The number of anilines is 1. The first-order chi connectivity index (χ1) is 10.5. The molecule has 2 N–H and O–H groups in total. The van der Waals surface area contributed by atoms with Gasteiger partial charge in [0.05, 0.1) is 10.2 Å². The lowest BCUT2D eigenvalue weighted by Crippen LogP contribution is -2.52. The number of benzene rings is 1. The van der Waals surface area contributed by atoms with Crippen LogP contribution in [0.15, 0.2) is 22.7 Å². The van der Waals surface area contributed by atoms with Gasteiger partial charge in [0.2, 0.25) is 5.91 Å². The molecule has 0 bridgehead atoms. The summed E-state index contributed by atoms with van der Waals surface area (Å²) in [4.78, 5) is 14.5. The number of piperazine rings is 1. The molecule has 1 aliphatic rings. The molecule has 4 nitrogen and oxygen atoms in total. The van der Waals surface area contributed by atoms with Crippen LogP contribution < -0.4 is 10.6 Å². The molecule has 122 valence electrons. The highest BCUT2D eigenvalue weighted by molar-refractivity contribution is 9.10. The molecule has 1 aromatic carbocycles. The van der Waals surface area contributed by atoms with E-state index in [0.29, 0.717) is 22.5 Å². The van der Waals surface area contributed by atoms with Crippen molar-refractivity contribution in [2.75, 3.05) is 31.5 Å². The SMILES string of the molecule is CC(C)CN1CCNC(CC(=O)Nc2cccc(F)c2Br)C1.